The van der Waals surface area contributed by atoms with Crippen molar-refractivity contribution in [2.45, 2.75) is 44.8 Å². The summed E-state index contributed by atoms with van der Waals surface area (Å²) in [5, 5.41) is 9.38. The highest BCUT2D eigenvalue weighted by molar-refractivity contribution is 5.95. The van der Waals surface area contributed by atoms with E-state index in [1.807, 2.05) is 0 Å². The Bertz CT molecular complexity index is 806. The SMILES string of the molecule is CCOC(=O)/C(C#N)=C(/C(F)(F)F)[C@]1(C)N(C)c2ccccc2C1(C)C. The summed E-state index contributed by atoms with van der Waals surface area (Å²) in [6.45, 7) is 6.13. The summed E-state index contributed by atoms with van der Waals surface area (Å²) in [7, 11) is 1.54. The van der Waals surface area contributed by atoms with Crippen LogP contribution >= 0.6 is 0 Å². The van der Waals surface area contributed by atoms with E-state index >= 15 is 0 Å². The zero-order valence-electron chi connectivity index (χ0n) is 15.4. The zero-order valence-corrected chi connectivity index (χ0v) is 15.4. The van der Waals surface area contributed by atoms with Gasteiger partial charge in [-0.3, -0.25) is 0 Å². The number of rotatable bonds is 3. The lowest BCUT2D eigenvalue weighted by molar-refractivity contribution is -0.140. The maximum atomic E-state index is 14.2. The van der Waals surface area contributed by atoms with Gasteiger partial charge in [0, 0.05) is 18.2 Å². The molecule has 1 atom stereocenters. The molecule has 140 valence electrons. The molecule has 0 bridgehead atoms. The van der Waals surface area contributed by atoms with Gasteiger partial charge in [-0.05, 0) is 25.5 Å². The van der Waals surface area contributed by atoms with Crippen LogP contribution in [-0.2, 0) is 14.9 Å². The van der Waals surface area contributed by atoms with E-state index in [-0.39, 0.29) is 6.61 Å². The molecule has 0 saturated heterocycles. The maximum absolute atomic E-state index is 14.2. The first kappa shape index (κ1) is 19.8. The van der Waals surface area contributed by atoms with Crippen molar-refractivity contribution in [2.75, 3.05) is 18.6 Å². The monoisotopic (exact) mass is 366 g/mol. The van der Waals surface area contributed by atoms with Crippen LogP contribution in [0, 0.1) is 11.3 Å². The Morgan fingerprint density at radius 3 is 2.31 bits per heavy atom. The molecule has 0 unspecified atom stereocenters. The van der Waals surface area contributed by atoms with Gasteiger partial charge in [0.2, 0.25) is 0 Å². The zero-order chi connectivity index (χ0) is 19.9. The van der Waals surface area contributed by atoms with Crippen molar-refractivity contribution in [3.05, 3.63) is 41.0 Å². The highest BCUT2D eigenvalue weighted by Crippen LogP contribution is 2.57. The number of fused-ring (bicyclic) bond motifs is 1. The first-order valence-electron chi connectivity index (χ1n) is 8.17. The minimum atomic E-state index is -4.89. The third kappa shape index (κ3) is 2.64. The largest absolute Gasteiger partial charge is 0.462 e. The topological polar surface area (TPSA) is 53.3 Å². The molecule has 0 radical (unpaired) electrons. The van der Waals surface area contributed by atoms with Crippen molar-refractivity contribution in [2.24, 2.45) is 0 Å². The van der Waals surface area contributed by atoms with Gasteiger partial charge in [-0.25, -0.2) is 4.79 Å². The normalized spacial score (nSPS) is 22.3. The number of carbonyl (C=O) groups is 1. The second-order valence-corrected chi connectivity index (χ2v) is 6.85. The van der Waals surface area contributed by atoms with E-state index in [4.69, 9.17) is 4.74 Å². The number of ether oxygens (including phenoxy) is 1. The molecule has 0 spiro atoms. The van der Waals surface area contributed by atoms with Gasteiger partial charge in [0.15, 0.2) is 0 Å². The predicted octanol–water partition coefficient (Wildman–Crippen LogP) is 4.12. The highest BCUT2D eigenvalue weighted by atomic mass is 19.4. The molecular formula is C19H21F3N2O2. The lowest BCUT2D eigenvalue weighted by Gasteiger charge is -2.46. The molecule has 0 N–H and O–H groups in total. The van der Waals surface area contributed by atoms with Crippen molar-refractivity contribution >= 4 is 11.7 Å². The Kier molecular flexibility index (Phi) is 4.84. The van der Waals surface area contributed by atoms with Gasteiger partial charge in [0.25, 0.3) is 0 Å². The van der Waals surface area contributed by atoms with Crippen LogP contribution in [0.3, 0.4) is 0 Å². The summed E-state index contributed by atoms with van der Waals surface area (Å²) in [4.78, 5) is 13.6. The second-order valence-electron chi connectivity index (χ2n) is 6.85. The van der Waals surface area contributed by atoms with E-state index < -0.39 is 34.2 Å². The quantitative estimate of drug-likeness (QED) is 0.459. The lowest BCUT2D eigenvalue weighted by Crippen LogP contribution is -2.57. The molecule has 0 saturated carbocycles. The number of alkyl halides is 3. The maximum Gasteiger partial charge on any atom is 0.416 e. The third-order valence-electron chi connectivity index (χ3n) is 5.44. The molecule has 26 heavy (non-hydrogen) atoms. The van der Waals surface area contributed by atoms with Crippen LogP contribution in [0.15, 0.2) is 35.4 Å². The Labute approximate surface area is 150 Å². The molecule has 2 rings (SSSR count). The first-order chi connectivity index (χ1) is 11.9. The van der Waals surface area contributed by atoms with Gasteiger partial charge >= 0.3 is 12.1 Å². The summed E-state index contributed by atoms with van der Waals surface area (Å²) in [6.07, 6.45) is -4.89. The standard InChI is InChI=1S/C19H21F3N2O2/c1-6-26-16(25)12(11-23)15(19(20,21)22)18(4)17(2,3)13-9-7-8-10-14(13)24(18)5/h7-10H,6H2,1-5H3/b15-12+/t18-/m0/s1. The molecule has 1 aromatic carbocycles. The number of halogens is 3. The number of benzene rings is 1. The van der Waals surface area contributed by atoms with E-state index in [0.717, 1.165) is 0 Å². The first-order valence-corrected chi connectivity index (χ1v) is 8.17. The lowest BCUT2D eigenvalue weighted by atomic mass is 9.66. The smallest absolute Gasteiger partial charge is 0.416 e. The average molecular weight is 366 g/mol. The minimum absolute atomic E-state index is 0.120. The number of hydrogen-bond acceptors (Lipinski definition) is 4. The summed E-state index contributed by atoms with van der Waals surface area (Å²) in [5.41, 5.74) is -3.54. The number of likely N-dealkylation sites (N-methyl/N-ethyl adjacent to an activating group) is 1. The third-order valence-corrected chi connectivity index (χ3v) is 5.44. The van der Waals surface area contributed by atoms with E-state index in [9.17, 15) is 23.2 Å². The number of nitriles is 1. The van der Waals surface area contributed by atoms with Gasteiger partial charge in [0.05, 0.1) is 17.7 Å². The molecule has 4 nitrogen and oxygen atoms in total. The van der Waals surface area contributed by atoms with Crippen LogP contribution < -0.4 is 4.90 Å². The number of esters is 1. The average Bonchev–Trinajstić information content (AvgIpc) is 2.70. The molecule has 0 aromatic heterocycles. The molecule has 1 heterocycles. The van der Waals surface area contributed by atoms with Crippen LogP contribution in [-0.4, -0.2) is 31.3 Å². The Hall–Kier alpha value is -2.49. The number of carbonyl (C=O) groups excluding carboxylic acids is 1. The van der Waals surface area contributed by atoms with Crippen molar-refractivity contribution in [3.8, 4) is 6.07 Å². The van der Waals surface area contributed by atoms with Gasteiger partial charge in [-0.15, -0.1) is 0 Å². The Balaban J connectivity index is 2.86. The molecular weight excluding hydrogens is 345 g/mol. The molecule has 7 heteroatoms. The number of nitrogens with zero attached hydrogens (tertiary/aromatic N) is 2. The fourth-order valence-electron chi connectivity index (χ4n) is 3.77. The van der Waals surface area contributed by atoms with E-state index in [0.29, 0.717) is 11.3 Å². The molecule has 1 aromatic rings. The van der Waals surface area contributed by atoms with Gasteiger partial charge in [0.1, 0.15) is 11.6 Å². The van der Waals surface area contributed by atoms with Crippen LogP contribution in [0.5, 0.6) is 0 Å². The number of hydrogen-bond donors (Lipinski definition) is 0. The van der Waals surface area contributed by atoms with Crippen molar-refractivity contribution in [3.63, 3.8) is 0 Å². The molecule has 0 aliphatic carbocycles. The van der Waals surface area contributed by atoms with Crippen LogP contribution in [0.4, 0.5) is 18.9 Å². The fraction of sp³-hybridized carbons (Fsp3) is 0.474. The number of anilines is 1. The summed E-state index contributed by atoms with van der Waals surface area (Å²) >= 11 is 0. The second kappa shape index (κ2) is 6.35. The summed E-state index contributed by atoms with van der Waals surface area (Å²) in [5.74, 6) is -1.26. The van der Waals surface area contributed by atoms with Crippen LogP contribution in [0.2, 0.25) is 0 Å². The molecule has 0 fully saturated rings. The van der Waals surface area contributed by atoms with Gasteiger partial charge < -0.3 is 9.64 Å². The fourth-order valence-corrected chi connectivity index (χ4v) is 3.77. The molecule has 0 amide bonds. The summed E-state index contributed by atoms with van der Waals surface area (Å²) < 4.78 is 47.2. The van der Waals surface area contributed by atoms with Gasteiger partial charge in [-0.1, -0.05) is 32.0 Å². The van der Waals surface area contributed by atoms with Crippen LogP contribution in [0.1, 0.15) is 33.3 Å². The molecule has 1 aliphatic heterocycles. The minimum Gasteiger partial charge on any atom is -0.462 e. The van der Waals surface area contributed by atoms with Crippen LogP contribution in [0.25, 0.3) is 0 Å². The van der Waals surface area contributed by atoms with Crippen molar-refractivity contribution in [1.29, 1.82) is 5.26 Å². The Morgan fingerprint density at radius 1 is 1.27 bits per heavy atom. The van der Waals surface area contributed by atoms with E-state index in [2.05, 4.69) is 0 Å². The van der Waals surface area contributed by atoms with Crippen molar-refractivity contribution < 1.29 is 22.7 Å². The summed E-state index contributed by atoms with van der Waals surface area (Å²) in [6, 6.07) is 8.43. The number of para-hydroxylation sites is 1. The van der Waals surface area contributed by atoms with Crippen molar-refractivity contribution in [1.82, 2.24) is 0 Å². The highest BCUT2D eigenvalue weighted by Gasteiger charge is 2.62. The van der Waals surface area contributed by atoms with Gasteiger partial charge in [-0.2, -0.15) is 18.4 Å². The van der Waals surface area contributed by atoms with E-state index in [1.165, 1.54) is 24.8 Å². The van der Waals surface area contributed by atoms with E-state index in [1.54, 1.807) is 45.2 Å². The Morgan fingerprint density at radius 2 is 1.85 bits per heavy atom. The predicted molar refractivity (Wildman–Crippen MR) is 91.6 cm³/mol. The molecule has 1 aliphatic rings.